The van der Waals surface area contributed by atoms with Crippen molar-refractivity contribution in [3.8, 4) is 0 Å². The number of urea groups is 1. The molecule has 3 rings (SSSR count). The molecule has 22 heavy (non-hydrogen) atoms. The standard InChI is InChI=1S/C17H16ClN3O/c18-13-4-3-5-14(10-13)21-17(22)19-9-8-12-11-20-16-7-2-1-6-15(12)16/h1-7,10-11,20H,8-9H2,(H2,19,21,22). The third-order valence-electron chi connectivity index (χ3n) is 3.44. The molecule has 0 atom stereocenters. The van der Waals surface area contributed by atoms with Crippen LogP contribution in [-0.2, 0) is 6.42 Å². The van der Waals surface area contributed by atoms with Crippen molar-refractivity contribution >= 4 is 34.2 Å². The fourth-order valence-electron chi connectivity index (χ4n) is 2.39. The predicted octanol–water partition coefficient (Wildman–Crippen LogP) is 4.19. The Morgan fingerprint density at radius 2 is 2.00 bits per heavy atom. The molecule has 2 amide bonds. The summed E-state index contributed by atoms with van der Waals surface area (Å²) in [6, 6.07) is 15.0. The topological polar surface area (TPSA) is 56.9 Å². The number of para-hydroxylation sites is 1. The van der Waals surface area contributed by atoms with Crippen LogP contribution in [0, 0.1) is 0 Å². The summed E-state index contributed by atoms with van der Waals surface area (Å²) < 4.78 is 0. The van der Waals surface area contributed by atoms with Gasteiger partial charge in [0, 0.05) is 34.4 Å². The van der Waals surface area contributed by atoms with E-state index in [2.05, 4.69) is 21.7 Å². The van der Waals surface area contributed by atoms with Gasteiger partial charge in [-0.2, -0.15) is 0 Å². The van der Waals surface area contributed by atoms with E-state index >= 15 is 0 Å². The number of nitrogens with one attached hydrogen (secondary N) is 3. The fraction of sp³-hybridized carbons (Fsp3) is 0.118. The summed E-state index contributed by atoms with van der Waals surface area (Å²) >= 11 is 5.88. The second kappa shape index (κ2) is 6.54. The van der Waals surface area contributed by atoms with Crippen molar-refractivity contribution in [1.29, 1.82) is 0 Å². The zero-order valence-electron chi connectivity index (χ0n) is 11.9. The number of carbonyl (C=O) groups is 1. The zero-order chi connectivity index (χ0) is 15.4. The van der Waals surface area contributed by atoms with Crippen molar-refractivity contribution in [2.45, 2.75) is 6.42 Å². The highest BCUT2D eigenvalue weighted by molar-refractivity contribution is 6.30. The molecule has 2 aromatic carbocycles. The number of amides is 2. The quantitative estimate of drug-likeness (QED) is 0.664. The molecule has 0 saturated heterocycles. The Kier molecular flexibility index (Phi) is 4.30. The molecule has 0 aliphatic carbocycles. The van der Waals surface area contributed by atoms with Gasteiger partial charge in [-0.05, 0) is 36.2 Å². The molecular formula is C17H16ClN3O. The Morgan fingerprint density at radius 1 is 1.14 bits per heavy atom. The molecule has 3 aromatic rings. The van der Waals surface area contributed by atoms with Crippen LogP contribution in [0.15, 0.2) is 54.7 Å². The van der Waals surface area contributed by atoms with E-state index in [9.17, 15) is 4.79 Å². The second-order valence-electron chi connectivity index (χ2n) is 5.00. The van der Waals surface area contributed by atoms with Crippen molar-refractivity contribution in [1.82, 2.24) is 10.3 Å². The van der Waals surface area contributed by atoms with E-state index < -0.39 is 0 Å². The third kappa shape index (κ3) is 3.40. The Bertz CT molecular complexity index is 797. The van der Waals surface area contributed by atoms with Gasteiger partial charge >= 0.3 is 6.03 Å². The molecule has 4 nitrogen and oxygen atoms in total. The van der Waals surface area contributed by atoms with Gasteiger partial charge in [-0.25, -0.2) is 4.79 Å². The lowest BCUT2D eigenvalue weighted by molar-refractivity contribution is 0.252. The Hall–Kier alpha value is -2.46. The summed E-state index contributed by atoms with van der Waals surface area (Å²) in [7, 11) is 0. The van der Waals surface area contributed by atoms with Crippen LogP contribution in [0.1, 0.15) is 5.56 Å². The predicted molar refractivity (Wildman–Crippen MR) is 90.5 cm³/mol. The van der Waals surface area contributed by atoms with Gasteiger partial charge in [0.2, 0.25) is 0 Å². The fourth-order valence-corrected chi connectivity index (χ4v) is 2.58. The van der Waals surface area contributed by atoms with Crippen LogP contribution in [0.5, 0.6) is 0 Å². The number of carbonyl (C=O) groups excluding carboxylic acids is 1. The first-order valence-electron chi connectivity index (χ1n) is 7.08. The molecule has 112 valence electrons. The van der Waals surface area contributed by atoms with Crippen LogP contribution in [0.3, 0.4) is 0 Å². The van der Waals surface area contributed by atoms with E-state index in [0.717, 1.165) is 11.9 Å². The second-order valence-corrected chi connectivity index (χ2v) is 5.44. The largest absolute Gasteiger partial charge is 0.361 e. The van der Waals surface area contributed by atoms with Gasteiger partial charge in [0.05, 0.1) is 0 Å². The SMILES string of the molecule is O=C(NCCc1c[nH]c2ccccc12)Nc1cccc(Cl)c1. The number of fused-ring (bicyclic) bond motifs is 1. The highest BCUT2D eigenvalue weighted by atomic mass is 35.5. The molecule has 1 heterocycles. The highest BCUT2D eigenvalue weighted by Crippen LogP contribution is 2.18. The maximum atomic E-state index is 11.8. The summed E-state index contributed by atoms with van der Waals surface area (Å²) in [5.41, 5.74) is 2.98. The van der Waals surface area contributed by atoms with Crippen LogP contribution < -0.4 is 10.6 Å². The van der Waals surface area contributed by atoms with Crippen LogP contribution in [-0.4, -0.2) is 17.6 Å². The number of benzene rings is 2. The summed E-state index contributed by atoms with van der Waals surface area (Å²) in [6.45, 7) is 0.564. The molecule has 0 saturated carbocycles. The first-order chi connectivity index (χ1) is 10.7. The van der Waals surface area contributed by atoms with Crippen molar-refractivity contribution in [3.63, 3.8) is 0 Å². The van der Waals surface area contributed by atoms with Crippen LogP contribution in [0.2, 0.25) is 5.02 Å². The van der Waals surface area contributed by atoms with Gasteiger partial charge in [-0.1, -0.05) is 35.9 Å². The molecule has 0 bridgehead atoms. The number of halogens is 1. The summed E-state index contributed by atoms with van der Waals surface area (Å²) in [5, 5.41) is 7.39. The molecule has 0 aliphatic heterocycles. The van der Waals surface area contributed by atoms with Gasteiger partial charge in [-0.3, -0.25) is 0 Å². The number of rotatable bonds is 4. The first-order valence-corrected chi connectivity index (χ1v) is 7.45. The van der Waals surface area contributed by atoms with Gasteiger partial charge in [0.25, 0.3) is 0 Å². The lowest BCUT2D eigenvalue weighted by Gasteiger charge is -2.07. The molecular weight excluding hydrogens is 298 g/mol. The summed E-state index contributed by atoms with van der Waals surface area (Å²) in [5.74, 6) is 0. The smallest absolute Gasteiger partial charge is 0.319 e. The van der Waals surface area contributed by atoms with E-state index in [1.54, 1.807) is 24.3 Å². The van der Waals surface area contributed by atoms with Gasteiger partial charge in [-0.15, -0.1) is 0 Å². The minimum atomic E-state index is -0.234. The lowest BCUT2D eigenvalue weighted by Crippen LogP contribution is -2.30. The highest BCUT2D eigenvalue weighted by Gasteiger charge is 2.05. The molecule has 0 unspecified atom stereocenters. The Labute approximate surface area is 133 Å². The number of hydrogen-bond acceptors (Lipinski definition) is 1. The van der Waals surface area contributed by atoms with E-state index in [0.29, 0.717) is 17.3 Å². The van der Waals surface area contributed by atoms with Gasteiger partial charge in [0.15, 0.2) is 0 Å². The van der Waals surface area contributed by atoms with Crippen molar-refractivity contribution < 1.29 is 4.79 Å². The van der Waals surface area contributed by atoms with E-state index in [-0.39, 0.29) is 6.03 Å². The van der Waals surface area contributed by atoms with Crippen LogP contribution in [0.25, 0.3) is 10.9 Å². The normalized spacial score (nSPS) is 10.6. The van der Waals surface area contributed by atoms with Crippen LogP contribution >= 0.6 is 11.6 Å². The minimum absolute atomic E-state index is 0.234. The molecule has 0 aliphatic rings. The minimum Gasteiger partial charge on any atom is -0.361 e. The molecule has 0 spiro atoms. The number of anilines is 1. The first kappa shape index (κ1) is 14.5. The number of hydrogen-bond donors (Lipinski definition) is 3. The average molecular weight is 314 g/mol. The van der Waals surface area contributed by atoms with Crippen molar-refractivity contribution in [2.75, 3.05) is 11.9 Å². The zero-order valence-corrected chi connectivity index (χ0v) is 12.7. The summed E-state index contributed by atoms with van der Waals surface area (Å²) in [4.78, 5) is 15.1. The third-order valence-corrected chi connectivity index (χ3v) is 3.67. The average Bonchev–Trinajstić information content (AvgIpc) is 2.91. The molecule has 5 heteroatoms. The van der Waals surface area contributed by atoms with Gasteiger partial charge < -0.3 is 15.6 Å². The van der Waals surface area contributed by atoms with Crippen molar-refractivity contribution in [3.05, 3.63) is 65.3 Å². The monoisotopic (exact) mass is 313 g/mol. The maximum Gasteiger partial charge on any atom is 0.319 e. The molecule has 3 N–H and O–H groups in total. The van der Waals surface area contributed by atoms with Gasteiger partial charge in [0.1, 0.15) is 0 Å². The number of aromatic nitrogens is 1. The van der Waals surface area contributed by atoms with Crippen molar-refractivity contribution in [2.24, 2.45) is 0 Å². The maximum absolute atomic E-state index is 11.8. The lowest BCUT2D eigenvalue weighted by atomic mass is 10.1. The Balaban J connectivity index is 1.53. The van der Waals surface area contributed by atoms with E-state index in [1.807, 2.05) is 24.4 Å². The molecule has 1 aromatic heterocycles. The van der Waals surface area contributed by atoms with Crippen LogP contribution in [0.4, 0.5) is 10.5 Å². The van der Waals surface area contributed by atoms with E-state index in [1.165, 1.54) is 10.9 Å². The molecule has 0 fully saturated rings. The Morgan fingerprint density at radius 3 is 2.86 bits per heavy atom. The number of H-pyrrole nitrogens is 1. The molecule has 0 radical (unpaired) electrons. The van der Waals surface area contributed by atoms with E-state index in [4.69, 9.17) is 11.6 Å². The number of aromatic amines is 1. The summed E-state index contributed by atoms with van der Waals surface area (Å²) in [6.07, 6.45) is 2.76.